The first kappa shape index (κ1) is 13.1. The van der Waals surface area contributed by atoms with Gasteiger partial charge >= 0.3 is 0 Å². The van der Waals surface area contributed by atoms with E-state index in [0.29, 0.717) is 26.6 Å². The summed E-state index contributed by atoms with van der Waals surface area (Å²) in [6.07, 6.45) is 0. The third kappa shape index (κ3) is 1.61. The van der Waals surface area contributed by atoms with Crippen LogP contribution in [0.15, 0.2) is 53.3 Å². The van der Waals surface area contributed by atoms with Gasteiger partial charge in [0, 0.05) is 31.6 Å². The molecule has 0 aliphatic carbocycles. The molecule has 5 aromatic rings. The standard InChI is InChI=1S/C18H8Cl2N2O/c19-9-4-7-15-14(8-9)21-17-11-3-1-2-10-13(20)6-5-12(16(10)11)18(23)22(15)17/h1-8H. The van der Waals surface area contributed by atoms with Crippen molar-refractivity contribution in [3.8, 4) is 0 Å². The molecule has 0 atom stereocenters. The number of benzene rings is 3. The Hall–Kier alpha value is -2.36. The Kier molecular flexibility index (Phi) is 2.48. The Morgan fingerprint density at radius 3 is 2.61 bits per heavy atom. The van der Waals surface area contributed by atoms with Crippen molar-refractivity contribution in [3.63, 3.8) is 0 Å². The summed E-state index contributed by atoms with van der Waals surface area (Å²) in [5.74, 6) is 0. The Balaban J connectivity index is 2.21. The average Bonchev–Trinajstić information content (AvgIpc) is 2.92. The quantitative estimate of drug-likeness (QED) is 0.402. The largest absolute Gasteiger partial charge is 0.268 e. The van der Waals surface area contributed by atoms with Crippen LogP contribution in [-0.4, -0.2) is 9.38 Å². The lowest BCUT2D eigenvalue weighted by Crippen LogP contribution is -2.13. The molecule has 0 saturated carbocycles. The van der Waals surface area contributed by atoms with Crippen LogP contribution in [0, 0.1) is 0 Å². The number of fused-ring (bicyclic) bond motifs is 4. The van der Waals surface area contributed by atoms with Gasteiger partial charge in [0.05, 0.1) is 11.0 Å². The normalized spacial score (nSPS) is 12.1. The van der Waals surface area contributed by atoms with Crippen molar-refractivity contribution in [3.05, 3.63) is 68.9 Å². The molecule has 3 nitrogen and oxygen atoms in total. The third-order valence-electron chi connectivity index (χ3n) is 4.28. The van der Waals surface area contributed by atoms with Gasteiger partial charge in [-0.1, -0.05) is 41.4 Å². The van der Waals surface area contributed by atoms with Crippen molar-refractivity contribution in [2.75, 3.05) is 0 Å². The van der Waals surface area contributed by atoms with Gasteiger partial charge in [-0.15, -0.1) is 0 Å². The highest BCUT2D eigenvalue weighted by molar-refractivity contribution is 6.37. The molecule has 0 fully saturated rings. The monoisotopic (exact) mass is 338 g/mol. The van der Waals surface area contributed by atoms with Crippen molar-refractivity contribution in [1.82, 2.24) is 9.38 Å². The highest BCUT2D eigenvalue weighted by Gasteiger charge is 2.16. The maximum absolute atomic E-state index is 13.0. The maximum atomic E-state index is 13.0. The second-order valence-corrected chi connectivity index (χ2v) is 6.38. The molecule has 0 aliphatic heterocycles. The van der Waals surface area contributed by atoms with E-state index >= 15 is 0 Å². The Morgan fingerprint density at radius 1 is 0.913 bits per heavy atom. The van der Waals surface area contributed by atoms with Gasteiger partial charge in [-0.05, 0) is 30.3 Å². The molecule has 2 aromatic heterocycles. The van der Waals surface area contributed by atoms with E-state index in [0.717, 1.165) is 21.7 Å². The molecular formula is C18H8Cl2N2O. The number of imidazole rings is 1. The molecule has 0 radical (unpaired) electrons. The van der Waals surface area contributed by atoms with Crippen molar-refractivity contribution >= 4 is 61.4 Å². The van der Waals surface area contributed by atoms with Crippen LogP contribution in [0.1, 0.15) is 0 Å². The molecule has 0 spiro atoms. The van der Waals surface area contributed by atoms with Crippen LogP contribution in [0.3, 0.4) is 0 Å². The van der Waals surface area contributed by atoms with E-state index in [4.69, 9.17) is 23.2 Å². The van der Waals surface area contributed by atoms with E-state index in [9.17, 15) is 4.79 Å². The van der Waals surface area contributed by atoms with E-state index in [1.54, 1.807) is 28.7 Å². The Labute approximate surface area is 140 Å². The molecule has 23 heavy (non-hydrogen) atoms. The summed E-state index contributed by atoms with van der Waals surface area (Å²) >= 11 is 12.4. The van der Waals surface area contributed by atoms with E-state index in [-0.39, 0.29) is 5.56 Å². The number of aromatic nitrogens is 2. The average molecular weight is 339 g/mol. The number of hydrogen-bond donors (Lipinski definition) is 0. The van der Waals surface area contributed by atoms with Crippen molar-refractivity contribution in [1.29, 1.82) is 0 Å². The SMILES string of the molecule is O=c1c2ccc(Cl)c3cccc(c32)c2nc3cc(Cl)ccc3n12. The van der Waals surface area contributed by atoms with Gasteiger partial charge in [0.1, 0.15) is 5.65 Å². The molecule has 0 N–H and O–H groups in total. The molecule has 0 unspecified atom stereocenters. The van der Waals surface area contributed by atoms with E-state index in [1.165, 1.54) is 0 Å². The predicted molar refractivity (Wildman–Crippen MR) is 95.2 cm³/mol. The van der Waals surface area contributed by atoms with Crippen molar-refractivity contribution in [2.24, 2.45) is 0 Å². The lowest BCUT2D eigenvalue weighted by Gasteiger charge is -2.08. The number of pyridine rings is 1. The van der Waals surface area contributed by atoms with Crippen LogP contribution in [0.5, 0.6) is 0 Å². The molecular weight excluding hydrogens is 331 g/mol. The van der Waals surface area contributed by atoms with E-state index < -0.39 is 0 Å². The molecule has 5 rings (SSSR count). The first-order valence-corrected chi connectivity index (χ1v) is 7.85. The van der Waals surface area contributed by atoms with Gasteiger partial charge < -0.3 is 0 Å². The smallest absolute Gasteiger partial charge is 0.264 e. The van der Waals surface area contributed by atoms with Gasteiger partial charge in [0.15, 0.2) is 0 Å². The number of halogens is 2. The van der Waals surface area contributed by atoms with Gasteiger partial charge in [-0.2, -0.15) is 0 Å². The second-order valence-electron chi connectivity index (χ2n) is 5.53. The number of hydrogen-bond acceptors (Lipinski definition) is 2. The first-order valence-electron chi connectivity index (χ1n) is 7.09. The van der Waals surface area contributed by atoms with Crippen LogP contribution in [0.4, 0.5) is 0 Å². The molecule has 0 saturated heterocycles. The fraction of sp³-hybridized carbons (Fsp3) is 0. The van der Waals surface area contributed by atoms with Crippen LogP contribution in [0.25, 0.3) is 38.2 Å². The fourth-order valence-electron chi connectivity index (χ4n) is 3.30. The lowest BCUT2D eigenvalue weighted by atomic mass is 10.0. The molecule has 0 aliphatic rings. The van der Waals surface area contributed by atoms with Crippen LogP contribution in [-0.2, 0) is 0 Å². The fourth-order valence-corrected chi connectivity index (χ4v) is 3.68. The van der Waals surface area contributed by atoms with Gasteiger partial charge in [-0.3, -0.25) is 9.20 Å². The van der Waals surface area contributed by atoms with E-state index in [2.05, 4.69) is 4.98 Å². The molecule has 110 valence electrons. The lowest BCUT2D eigenvalue weighted by molar-refractivity contribution is 1.19. The highest BCUT2D eigenvalue weighted by atomic mass is 35.5. The predicted octanol–water partition coefficient (Wildman–Crippen LogP) is 4.90. The molecule has 5 heteroatoms. The summed E-state index contributed by atoms with van der Waals surface area (Å²) in [5, 5.41) is 4.50. The van der Waals surface area contributed by atoms with Gasteiger partial charge in [-0.25, -0.2) is 4.98 Å². The van der Waals surface area contributed by atoms with Gasteiger partial charge in [0.2, 0.25) is 0 Å². The minimum atomic E-state index is -0.0924. The number of rotatable bonds is 0. The minimum Gasteiger partial charge on any atom is -0.268 e. The summed E-state index contributed by atoms with van der Waals surface area (Å²) in [6, 6.07) is 14.7. The topological polar surface area (TPSA) is 34.4 Å². The highest BCUT2D eigenvalue weighted by Crippen LogP contribution is 2.33. The van der Waals surface area contributed by atoms with Gasteiger partial charge in [0.25, 0.3) is 5.56 Å². The molecule has 3 aromatic carbocycles. The third-order valence-corrected chi connectivity index (χ3v) is 4.84. The number of nitrogens with zero attached hydrogens (tertiary/aromatic N) is 2. The Morgan fingerprint density at radius 2 is 1.74 bits per heavy atom. The summed E-state index contributed by atoms with van der Waals surface area (Å²) in [7, 11) is 0. The zero-order chi connectivity index (χ0) is 15.7. The molecule has 0 bridgehead atoms. The first-order chi connectivity index (χ1) is 11.1. The van der Waals surface area contributed by atoms with Crippen LogP contribution >= 0.6 is 23.2 Å². The van der Waals surface area contributed by atoms with Crippen molar-refractivity contribution in [2.45, 2.75) is 0 Å². The molecule has 2 heterocycles. The van der Waals surface area contributed by atoms with Crippen molar-refractivity contribution < 1.29 is 0 Å². The second kappa shape index (κ2) is 4.34. The van der Waals surface area contributed by atoms with E-state index in [1.807, 2.05) is 24.3 Å². The molecule has 0 amide bonds. The zero-order valence-corrected chi connectivity index (χ0v) is 13.2. The summed E-state index contributed by atoms with van der Waals surface area (Å²) in [4.78, 5) is 17.6. The maximum Gasteiger partial charge on any atom is 0.264 e. The Bertz CT molecular complexity index is 1310. The van der Waals surface area contributed by atoms with Crippen LogP contribution in [0.2, 0.25) is 10.0 Å². The van der Waals surface area contributed by atoms with Crippen LogP contribution < -0.4 is 5.56 Å². The minimum absolute atomic E-state index is 0.0924. The summed E-state index contributed by atoms with van der Waals surface area (Å²) in [6.45, 7) is 0. The summed E-state index contributed by atoms with van der Waals surface area (Å²) in [5.41, 5.74) is 2.00. The zero-order valence-electron chi connectivity index (χ0n) is 11.7. The summed E-state index contributed by atoms with van der Waals surface area (Å²) < 4.78 is 1.65.